The fourth-order valence-corrected chi connectivity index (χ4v) is 2.65. The van der Waals surface area contributed by atoms with Gasteiger partial charge in [0.1, 0.15) is 0 Å². The molecule has 0 saturated carbocycles. The van der Waals surface area contributed by atoms with Gasteiger partial charge >= 0.3 is 0 Å². The van der Waals surface area contributed by atoms with Gasteiger partial charge in [0.05, 0.1) is 0 Å². The molecule has 5 heteroatoms. The van der Waals surface area contributed by atoms with Crippen LogP contribution >= 0.6 is 0 Å². The summed E-state index contributed by atoms with van der Waals surface area (Å²) in [5.41, 5.74) is 1.08. The largest absolute Gasteiger partial charge is 0.454 e. The van der Waals surface area contributed by atoms with E-state index >= 15 is 0 Å². The van der Waals surface area contributed by atoms with Crippen molar-refractivity contribution in [3.05, 3.63) is 23.8 Å². The van der Waals surface area contributed by atoms with Crippen LogP contribution in [0, 0.1) is 0 Å². The van der Waals surface area contributed by atoms with Crippen LogP contribution < -0.4 is 14.8 Å². The molecule has 0 aliphatic carbocycles. The normalized spacial score (nSPS) is 16.8. The number of rotatable bonds is 5. The summed E-state index contributed by atoms with van der Waals surface area (Å²) < 4.78 is 21.8. The minimum atomic E-state index is -0.771. The van der Waals surface area contributed by atoms with Crippen LogP contribution in [0.3, 0.4) is 0 Å². The molecule has 0 aromatic heterocycles. The lowest BCUT2D eigenvalue weighted by Gasteiger charge is -2.13. The molecule has 17 heavy (non-hydrogen) atoms. The van der Waals surface area contributed by atoms with Gasteiger partial charge in [-0.25, -0.2) is 0 Å². The highest BCUT2D eigenvalue weighted by molar-refractivity contribution is 7.84. The highest BCUT2D eigenvalue weighted by Crippen LogP contribution is 2.35. The van der Waals surface area contributed by atoms with E-state index < -0.39 is 10.8 Å². The van der Waals surface area contributed by atoms with Crippen molar-refractivity contribution in [1.29, 1.82) is 0 Å². The van der Waals surface area contributed by atoms with Crippen molar-refractivity contribution in [2.75, 3.05) is 18.8 Å². The molecule has 0 bridgehead atoms. The second-order valence-corrected chi connectivity index (χ2v) is 5.65. The Labute approximate surface area is 104 Å². The van der Waals surface area contributed by atoms with Crippen molar-refractivity contribution in [3.63, 3.8) is 0 Å². The topological polar surface area (TPSA) is 47.6 Å². The smallest absolute Gasteiger partial charge is 0.231 e. The van der Waals surface area contributed by atoms with E-state index in [1.165, 1.54) is 0 Å². The highest BCUT2D eigenvalue weighted by Gasteiger charge is 2.17. The lowest BCUT2D eigenvalue weighted by molar-refractivity contribution is 0.173. The highest BCUT2D eigenvalue weighted by atomic mass is 32.2. The van der Waals surface area contributed by atoms with Gasteiger partial charge in [-0.1, -0.05) is 12.1 Å². The minimum absolute atomic E-state index is 0.221. The predicted octanol–water partition coefficient (Wildman–Crippen LogP) is 1.27. The Hall–Kier alpha value is -1.07. The van der Waals surface area contributed by atoms with Gasteiger partial charge in [0.15, 0.2) is 11.5 Å². The summed E-state index contributed by atoms with van der Waals surface area (Å²) in [5.74, 6) is 2.28. The lowest BCUT2D eigenvalue weighted by Crippen LogP contribution is -2.30. The molecule has 2 atom stereocenters. The van der Waals surface area contributed by atoms with Gasteiger partial charge in [0, 0.05) is 41.0 Å². The van der Waals surface area contributed by atoms with E-state index in [0.717, 1.165) is 17.1 Å². The second kappa shape index (κ2) is 5.51. The molecular formula is C12H17NO3S. The average Bonchev–Trinajstić information content (AvgIpc) is 2.73. The van der Waals surface area contributed by atoms with Gasteiger partial charge in [-0.2, -0.15) is 0 Å². The first-order chi connectivity index (χ1) is 8.16. The van der Waals surface area contributed by atoms with Gasteiger partial charge in [-0.3, -0.25) is 4.21 Å². The van der Waals surface area contributed by atoms with Crippen LogP contribution in [-0.2, 0) is 17.3 Å². The van der Waals surface area contributed by atoms with Gasteiger partial charge < -0.3 is 14.8 Å². The number of para-hydroxylation sites is 1. The Morgan fingerprint density at radius 1 is 1.47 bits per heavy atom. The molecule has 0 saturated heterocycles. The third kappa shape index (κ3) is 3.20. The van der Waals surface area contributed by atoms with Crippen LogP contribution in [0.25, 0.3) is 0 Å². The summed E-state index contributed by atoms with van der Waals surface area (Å²) in [6, 6.07) is 6.08. The summed E-state index contributed by atoms with van der Waals surface area (Å²) in [5, 5.41) is 3.33. The standard InChI is InChI=1S/C12H17NO3S/c1-9(7-17(2)14)13-6-10-4-3-5-11-12(10)16-8-15-11/h3-5,9,13H,6-8H2,1-2H3. The fourth-order valence-electron chi connectivity index (χ4n) is 1.83. The summed E-state index contributed by atoms with van der Waals surface area (Å²) in [6.07, 6.45) is 1.72. The van der Waals surface area contributed by atoms with Gasteiger partial charge in [-0.05, 0) is 13.0 Å². The Morgan fingerprint density at radius 3 is 3.06 bits per heavy atom. The Morgan fingerprint density at radius 2 is 2.29 bits per heavy atom. The van der Waals surface area contributed by atoms with Crippen LogP contribution in [0.15, 0.2) is 18.2 Å². The van der Waals surface area contributed by atoms with Crippen molar-refractivity contribution in [3.8, 4) is 11.5 Å². The zero-order valence-electron chi connectivity index (χ0n) is 10.1. The zero-order valence-corrected chi connectivity index (χ0v) is 10.9. The number of ether oxygens (including phenoxy) is 2. The van der Waals surface area contributed by atoms with Crippen LogP contribution in [0.4, 0.5) is 0 Å². The molecule has 1 aliphatic rings. The molecule has 94 valence electrons. The van der Waals surface area contributed by atoms with E-state index in [2.05, 4.69) is 5.32 Å². The molecule has 0 amide bonds. The average molecular weight is 255 g/mol. The van der Waals surface area contributed by atoms with Crippen LogP contribution in [-0.4, -0.2) is 29.1 Å². The SMILES string of the molecule is CC(CS(C)=O)NCc1cccc2c1OCO2. The van der Waals surface area contributed by atoms with Crippen molar-refractivity contribution in [2.45, 2.75) is 19.5 Å². The molecule has 4 nitrogen and oxygen atoms in total. The maximum absolute atomic E-state index is 11.1. The van der Waals surface area contributed by atoms with E-state index in [-0.39, 0.29) is 6.04 Å². The van der Waals surface area contributed by atoms with E-state index in [1.54, 1.807) is 6.26 Å². The maximum atomic E-state index is 11.1. The van der Waals surface area contributed by atoms with E-state index in [4.69, 9.17) is 9.47 Å². The third-order valence-corrected chi connectivity index (χ3v) is 3.57. The minimum Gasteiger partial charge on any atom is -0.454 e. The molecule has 1 heterocycles. The molecule has 0 spiro atoms. The predicted molar refractivity (Wildman–Crippen MR) is 67.8 cm³/mol. The molecule has 1 aromatic rings. The van der Waals surface area contributed by atoms with E-state index in [9.17, 15) is 4.21 Å². The molecular weight excluding hydrogens is 238 g/mol. The monoisotopic (exact) mass is 255 g/mol. The first-order valence-corrected chi connectivity index (χ1v) is 7.30. The summed E-state index contributed by atoms with van der Waals surface area (Å²) >= 11 is 0. The Kier molecular flexibility index (Phi) is 4.02. The number of fused-ring (bicyclic) bond motifs is 1. The van der Waals surface area contributed by atoms with Crippen LogP contribution in [0.5, 0.6) is 11.5 Å². The number of benzene rings is 1. The summed E-state index contributed by atoms with van der Waals surface area (Å²) in [4.78, 5) is 0. The van der Waals surface area contributed by atoms with Gasteiger partial charge in [0.2, 0.25) is 6.79 Å². The lowest BCUT2D eigenvalue weighted by atomic mass is 10.2. The Balaban J connectivity index is 1.95. The molecule has 0 fully saturated rings. The van der Waals surface area contributed by atoms with Crippen molar-refractivity contribution >= 4 is 10.8 Å². The molecule has 1 N–H and O–H groups in total. The molecule has 2 rings (SSSR count). The van der Waals surface area contributed by atoms with E-state index in [1.807, 2.05) is 25.1 Å². The van der Waals surface area contributed by atoms with Gasteiger partial charge in [0.25, 0.3) is 0 Å². The van der Waals surface area contributed by atoms with Crippen LogP contribution in [0.2, 0.25) is 0 Å². The quantitative estimate of drug-likeness (QED) is 0.861. The third-order valence-electron chi connectivity index (χ3n) is 2.60. The van der Waals surface area contributed by atoms with Crippen molar-refractivity contribution in [1.82, 2.24) is 5.32 Å². The number of hydrogen-bond donors (Lipinski definition) is 1. The van der Waals surface area contributed by atoms with Crippen molar-refractivity contribution < 1.29 is 13.7 Å². The first kappa shape index (κ1) is 12.4. The Bertz CT molecular complexity index is 422. The fraction of sp³-hybridized carbons (Fsp3) is 0.500. The molecule has 0 radical (unpaired) electrons. The first-order valence-electron chi connectivity index (χ1n) is 5.57. The number of hydrogen-bond acceptors (Lipinski definition) is 4. The second-order valence-electron chi connectivity index (χ2n) is 4.17. The number of nitrogens with one attached hydrogen (secondary N) is 1. The zero-order chi connectivity index (χ0) is 12.3. The maximum Gasteiger partial charge on any atom is 0.231 e. The summed E-state index contributed by atoms with van der Waals surface area (Å²) in [6.45, 7) is 3.02. The van der Waals surface area contributed by atoms with Crippen LogP contribution in [0.1, 0.15) is 12.5 Å². The summed E-state index contributed by atoms with van der Waals surface area (Å²) in [7, 11) is -0.771. The van der Waals surface area contributed by atoms with Crippen molar-refractivity contribution in [2.24, 2.45) is 0 Å². The van der Waals surface area contributed by atoms with E-state index in [0.29, 0.717) is 19.1 Å². The molecule has 2 unspecified atom stereocenters. The molecule has 1 aliphatic heterocycles. The molecule has 1 aromatic carbocycles. The van der Waals surface area contributed by atoms with Gasteiger partial charge in [-0.15, -0.1) is 0 Å².